The van der Waals surface area contributed by atoms with E-state index in [2.05, 4.69) is 11.1 Å². The van der Waals surface area contributed by atoms with Gasteiger partial charge in [-0.25, -0.2) is 4.79 Å². The standard InChI is InChI=1S/C19H24N2O2/c1-23-15-9-10-17-16(11-15)18(14-5-3-2-4-6-14)20-19(22)21(17)12-13-7-8-13/h9-11,13-14H,2-8,12H2,1H3. The first-order valence-corrected chi connectivity index (χ1v) is 8.85. The molecule has 2 fully saturated rings. The SMILES string of the molecule is COc1ccc2c(c1)c(C1CCCCC1)nc(=O)n2CC1CC1. The van der Waals surface area contributed by atoms with Crippen LogP contribution in [0.1, 0.15) is 56.6 Å². The van der Waals surface area contributed by atoms with E-state index >= 15 is 0 Å². The van der Waals surface area contributed by atoms with E-state index in [1.807, 2.05) is 16.7 Å². The molecule has 0 atom stereocenters. The van der Waals surface area contributed by atoms with Gasteiger partial charge in [0.1, 0.15) is 5.75 Å². The minimum atomic E-state index is -0.0739. The molecular formula is C19H24N2O2. The van der Waals surface area contributed by atoms with Crippen molar-refractivity contribution in [2.75, 3.05) is 7.11 Å². The van der Waals surface area contributed by atoms with Crippen LogP contribution in [0.2, 0.25) is 0 Å². The molecule has 1 aromatic carbocycles. The molecule has 0 saturated heterocycles. The van der Waals surface area contributed by atoms with Crippen LogP contribution in [0.15, 0.2) is 23.0 Å². The fourth-order valence-electron chi connectivity index (χ4n) is 3.83. The monoisotopic (exact) mass is 312 g/mol. The predicted molar refractivity (Wildman–Crippen MR) is 91.1 cm³/mol. The summed E-state index contributed by atoms with van der Waals surface area (Å²) in [5.74, 6) is 1.91. The minimum Gasteiger partial charge on any atom is -0.497 e. The molecular weight excluding hydrogens is 288 g/mol. The molecule has 0 unspecified atom stereocenters. The predicted octanol–water partition coefficient (Wildman–Crippen LogP) is 3.86. The number of benzene rings is 1. The third-order valence-corrected chi connectivity index (χ3v) is 5.35. The molecule has 0 amide bonds. The van der Waals surface area contributed by atoms with Crippen LogP contribution >= 0.6 is 0 Å². The molecule has 4 rings (SSSR count). The summed E-state index contributed by atoms with van der Waals surface area (Å²) in [7, 11) is 1.69. The van der Waals surface area contributed by atoms with Crippen molar-refractivity contribution in [3.05, 3.63) is 34.4 Å². The number of aromatic nitrogens is 2. The van der Waals surface area contributed by atoms with Crippen molar-refractivity contribution in [2.24, 2.45) is 5.92 Å². The second-order valence-corrected chi connectivity index (χ2v) is 7.05. The van der Waals surface area contributed by atoms with Gasteiger partial charge in [-0.1, -0.05) is 19.3 Å². The van der Waals surface area contributed by atoms with Gasteiger partial charge in [-0.05, 0) is 49.8 Å². The van der Waals surface area contributed by atoms with Gasteiger partial charge in [0.15, 0.2) is 0 Å². The van der Waals surface area contributed by atoms with E-state index in [1.54, 1.807) is 7.11 Å². The van der Waals surface area contributed by atoms with Crippen molar-refractivity contribution in [2.45, 2.75) is 57.4 Å². The lowest BCUT2D eigenvalue weighted by molar-refractivity contribution is 0.414. The van der Waals surface area contributed by atoms with Crippen molar-refractivity contribution in [3.63, 3.8) is 0 Å². The average molecular weight is 312 g/mol. The molecule has 0 N–H and O–H groups in total. The van der Waals surface area contributed by atoms with E-state index < -0.39 is 0 Å². The molecule has 0 spiro atoms. The molecule has 4 heteroatoms. The van der Waals surface area contributed by atoms with E-state index in [4.69, 9.17) is 4.74 Å². The molecule has 23 heavy (non-hydrogen) atoms. The van der Waals surface area contributed by atoms with Crippen molar-refractivity contribution in [1.82, 2.24) is 9.55 Å². The Morgan fingerprint density at radius 1 is 1.17 bits per heavy atom. The maximum absolute atomic E-state index is 12.6. The topological polar surface area (TPSA) is 44.1 Å². The van der Waals surface area contributed by atoms with Crippen LogP contribution in [0.4, 0.5) is 0 Å². The first kappa shape index (κ1) is 14.7. The smallest absolute Gasteiger partial charge is 0.348 e. The van der Waals surface area contributed by atoms with E-state index in [1.165, 1.54) is 32.1 Å². The quantitative estimate of drug-likeness (QED) is 0.861. The number of ether oxygens (including phenoxy) is 1. The van der Waals surface area contributed by atoms with Crippen molar-refractivity contribution >= 4 is 10.9 Å². The molecule has 122 valence electrons. The van der Waals surface area contributed by atoms with Gasteiger partial charge in [-0.3, -0.25) is 4.57 Å². The summed E-state index contributed by atoms with van der Waals surface area (Å²) in [6.07, 6.45) is 8.53. The number of fused-ring (bicyclic) bond motifs is 1. The Balaban J connectivity index is 1.88. The summed E-state index contributed by atoms with van der Waals surface area (Å²) in [6.45, 7) is 0.805. The zero-order valence-corrected chi connectivity index (χ0v) is 13.8. The molecule has 0 radical (unpaired) electrons. The first-order valence-electron chi connectivity index (χ1n) is 8.85. The summed E-state index contributed by atoms with van der Waals surface area (Å²) < 4.78 is 7.29. The highest BCUT2D eigenvalue weighted by Gasteiger charge is 2.26. The van der Waals surface area contributed by atoms with Crippen molar-refractivity contribution in [3.8, 4) is 5.75 Å². The zero-order valence-electron chi connectivity index (χ0n) is 13.8. The molecule has 1 heterocycles. The Morgan fingerprint density at radius 3 is 2.65 bits per heavy atom. The molecule has 2 aliphatic carbocycles. The van der Waals surface area contributed by atoms with Gasteiger partial charge in [0, 0.05) is 17.8 Å². The van der Waals surface area contributed by atoms with Crippen LogP contribution in [0.25, 0.3) is 10.9 Å². The second kappa shape index (κ2) is 5.99. The molecule has 0 bridgehead atoms. The summed E-state index contributed by atoms with van der Waals surface area (Å²) >= 11 is 0. The Kier molecular flexibility index (Phi) is 3.83. The lowest BCUT2D eigenvalue weighted by Crippen LogP contribution is -2.27. The van der Waals surface area contributed by atoms with Gasteiger partial charge >= 0.3 is 5.69 Å². The molecule has 0 aliphatic heterocycles. The van der Waals surface area contributed by atoms with Crippen molar-refractivity contribution < 1.29 is 4.74 Å². The minimum absolute atomic E-state index is 0.0739. The normalized spacial score (nSPS) is 19.2. The highest BCUT2D eigenvalue weighted by atomic mass is 16.5. The van der Waals surface area contributed by atoms with Gasteiger partial charge < -0.3 is 4.74 Å². The van der Waals surface area contributed by atoms with Crippen LogP contribution in [-0.2, 0) is 6.54 Å². The molecule has 2 saturated carbocycles. The fraction of sp³-hybridized carbons (Fsp3) is 0.579. The fourth-order valence-corrected chi connectivity index (χ4v) is 3.83. The van der Waals surface area contributed by atoms with E-state index in [9.17, 15) is 4.79 Å². The van der Waals surface area contributed by atoms with Gasteiger partial charge in [0.2, 0.25) is 0 Å². The van der Waals surface area contributed by atoms with E-state index in [0.717, 1.165) is 41.7 Å². The largest absolute Gasteiger partial charge is 0.497 e. The number of hydrogen-bond donors (Lipinski definition) is 0. The van der Waals surface area contributed by atoms with Gasteiger partial charge in [0.05, 0.1) is 18.3 Å². The maximum Gasteiger partial charge on any atom is 0.348 e. The number of methoxy groups -OCH3 is 1. The molecule has 2 aromatic rings. The number of nitrogens with zero attached hydrogens (tertiary/aromatic N) is 2. The molecule has 2 aliphatic rings. The van der Waals surface area contributed by atoms with E-state index in [0.29, 0.717) is 11.8 Å². The van der Waals surface area contributed by atoms with Gasteiger partial charge in [-0.2, -0.15) is 4.98 Å². The highest BCUT2D eigenvalue weighted by Crippen LogP contribution is 2.36. The summed E-state index contributed by atoms with van der Waals surface area (Å²) in [4.78, 5) is 17.2. The van der Waals surface area contributed by atoms with Crippen molar-refractivity contribution in [1.29, 1.82) is 0 Å². The Labute approximate surface area is 136 Å². The third kappa shape index (κ3) is 2.87. The third-order valence-electron chi connectivity index (χ3n) is 5.35. The Hall–Kier alpha value is -1.84. The van der Waals surface area contributed by atoms with Gasteiger partial charge in [0.25, 0.3) is 0 Å². The zero-order chi connectivity index (χ0) is 15.8. The first-order chi connectivity index (χ1) is 11.3. The Bertz CT molecular complexity index is 771. The van der Waals surface area contributed by atoms with Gasteiger partial charge in [-0.15, -0.1) is 0 Å². The lowest BCUT2D eigenvalue weighted by atomic mass is 9.85. The highest BCUT2D eigenvalue weighted by molar-refractivity contribution is 5.83. The molecule has 1 aromatic heterocycles. The van der Waals surface area contributed by atoms with Crippen LogP contribution < -0.4 is 10.4 Å². The number of hydrogen-bond acceptors (Lipinski definition) is 3. The van der Waals surface area contributed by atoms with Crippen LogP contribution in [-0.4, -0.2) is 16.7 Å². The van der Waals surface area contributed by atoms with Crippen LogP contribution in [0, 0.1) is 5.92 Å². The Morgan fingerprint density at radius 2 is 1.96 bits per heavy atom. The average Bonchev–Trinajstić information content (AvgIpc) is 3.41. The second-order valence-electron chi connectivity index (χ2n) is 7.05. The summed E-state index contributed by atoms with van der Waals surface area (Å²) in [5.41, 5.74) is 1.95. The van der Waals surface area contributed by atoms with E-state index in [-0.39, 0.29) is 5.69 Å². The summed E-state index contributed by atoms with van der Waals surface area (Å²) in [6, 6.07) is 6.05. The molecule has 4 nitrogen and oxygen atoms in total. The van der Waals surface area contributed by atoms with Crippen LogP contribution in [0.5, 0.6) is 5.75 Å². The summed E-state index contributed by atoms with van der Waals surface area (Å²) in [5, 5.41) is 1.11. The number of rotatable bonds is 4. The van der Waals surface area contributed by atoms with Crippen LogP contribution in [0.3, 0.4) is 0 Å². The maximum atomic E-state index is 12.6. The lowest BCUT2D eigenvalue weighted by Gasteiger charge is -2.23.